The zero-order valence-electron chi connectivity index (χ0n) is 25.9. The predicted octanol–water partition coefficient (Wildman–Crippen LogP) is 5.79. The monoisotopic (exact) mass is 636 g/mol. The second kappa shape index (κ2) is 13.0. The number of rotatable bonds is 9. The van der Waals surface area contributed by atoms with Crippen LogP contribution in [0, 0.1) is 0 Å². The summed E-state index contributed by atoms with van der Waals surface area (Å²) in [5, 5.41) is 1.79. The third-order valence-corrected chi connectivity index (χ3v) is 8.80. The van der Waals surface area contributed by atoms with E-state index in [4.69, 9.17) is 23.6 Å². The predicted molar refractivity (Wildman–Crippen MR) is 176 cm³/mol. The van der Waals surface area contributed by atoms with Gasteiger partial charge in [0.05, 0.1) is 42.2 Å². The van der Waals surface area contributed by atoms with Gasteiger partial charge in [-0.2, -0.15) is 0 Å². The molecule has 0 spiro atoms. The molecule has 0 unspecified atom stereocenters. The van der Waals surface area contributed by atoms with Gasteiger partial charge in [0.15, 0.2) is 4.80 Å². The Bertz CT molecular complexity index is 2190. The van der Waals surface area contributed by atoms with E-state index in [-0.39, 0.29) is 12.2 Å². The normalized spacial score (nSPS) is 14.6. The lowest BCUT2D eigenvalue weighted by atomic mass is 9.90. The second-order valence-electron chi connectivity index (χ2n) is 10.6. The molecule has 2 aromatic heterocycles. The molecule has 5 aromatic rings. The highest BCUT2D eigenvalue weighted by Gasteiger charge is 2.37. The number of fused-ring (bicyclic) bond motifs is 2. The van der Waals surface area contributed by atoms with Crippen LogP contribution in [0.4, 0.5) is 0 Å². The summed E-state index contributed by atoms with van der Waals surface area (Å²) >= 11 is 1.21. The highest BCUT2D eigenvalue weighted by atomic mass is 32.1. The lowest BCUT2D eigenvalue weighted by molar-refractivity contribution is -0.139. The van der Waals surface area contributed by atoms with Gasteiger partial charge in [-0.3, -0.25) is 9.36 Å². The number of methoxy groups -OCH3 is 2. The topological polar surface area (TPSA) is 109 Å². The molecule has 10 heteroatoms. The molecule has 0 N–H and O–H groups in total. The van der Waals surface area contributed by atoms with Gasteiger partial charge in [0.2, 0.25) is 0 Å². The van der Waals surface area contributed by atoms with Crippen molar-refractivity contribution in [3.63, 3.8) is 0 Å². The van der Waals surface area contributed by atoms with Crippen molar-refractivity contribution in [1.82, 2.24) is 4.57 Å². The van der Waals surface area contributed by atoms with Gasteiger partial charge in [-0.25, -0.2) is 14.6 Å². The average molecular weight is 637 g/mol. The first-order chi connectivity index (χ1) is 22.4. The summed E-state index contributed by atoms with van der Waals surface area (Å²) in [4.78, 5) is 45.7. The summed E-state index contributed by atoms with van der Waals surface area (Å²) in [7, 11) is 2.90. The fourth-order valence-electron chi connectivity index (χ4n) is 5.82. The molecule has 9 nitrogen and oxygen atoms in total. The number of allylic oxidation sites excluding steroid dienone is 1. The Morgan fingerprint density at radius 1 is 0.978 bits per heavy atom. The van der Waals surface area contributed by atoms with Gasteiger partial charge in [0.1, 0.15) is 23.3 Å². The molecule has 0 radical (unpaired) electrons. The standard InChI is InChI=1S/C36H32N2O7S/c1-5-11-26-31(35(41)44-6-2)32(30-23-13-8-7-12-21(23)16-18-28(30)42-3)38-33(39)29(46-36(38)37-26)20-22-17-19-27(45-22)24-14-9-10-15-25(24)34(40)43-4/h7-10,12-20,32H,5-6,11H2,1-4H3/b29-20+/t32-/m0/s1. The van der Waals surface area contributed by atoms with Crippen LogP contribution in [0.5, 0.6) is 5.75 Å². The molecular weight excluding hydrogens is 604 g/mol. The van der Waals surface area contributed by atoms with Crippen molar-refractivity contribution in [3.05, 3.63) is 121 Å². The molecule has 46 heavy (non-hydrogen) atoms. The molecule has 0 aliphatic carbocycles. The molecule has 0 bridgehead atoms. The van der Waals surface area contributed by atoms with E-state index in [0.29, 0.717) is 61.0 Å². The van der Waals surface area contributed by atoms with Gasteiger partial charge in [-0.05, 0) is 48.4 Å². The summed E-state index contributed by atoms with van der Waals surface area (Å²) in [6, 6.07) is 21.2. The van der Waals surface area contributed by atoms with E-state index in [1.807, 2.05) is 43.3 Å². The van der Waals surface area contributed by atoms with Gasteiger partial charge in [-0.1, -0.05) is 73.2 Å². The Hall–Kier alpha value is -5.22. The van der Waals surface area contributed by atoms with E-state index < -0.39 is 18.0 Å². The van der Waals surface area contributed by atoms with E-state index in [2.05, 4.69) is 0 Å². The van der Waals surface area contributed by atoms with Crippen LogP contribution >= 0.6 is 11.3 Å². The molecule has 234 valence electrons. The number of thiazole rings is 1. The number of carbonyl (C=O) groups excluding carboxylic acids is 2. The van der Waals surface area contributed by atoms with Crippen LogP contribution in [0.1, 0.15) is 54.4 Å². The number of furan rings is 1. The zero-order valence-corrected chi connectivity index (χ0v) is 26.7. The van der Waals surface area contributed by atoms with Crippen molar-refractivity contribution < 1.29 is 28.2 Å². The lowest BCUT2D eigenvalue weighted by Gasteiger charge is -2.28. The first-order valence-electron chi connectivity index (χ1n) is 14.9. The van der Waals surface area contributed by atoms with Crippen molar-refractivity contribution in [2.75, 3.05) is 20.8 Å². The third kappa shape index (κ3) is 5.45. The molecule has 0 saturated carbocycles. The van der Waals surface area contributed by atoms with Crippen LogP contribution in [-0.4, -0.2) is 37.3 Å². The number of hydrogen-bond acceptors (Lipinski definition) is 9. The van der Waals surface area contributed by atoms with E-state index in [0.717, 1.165) is 17.2 Å². The van der Waals surface area contributed by atoms with E-state index in [9.17, 15) is 14.4 Å². The average Bonchev–Trinajstić information content (AvgIpc) is 3.67. The summed E-state index contributed by atoms with van der Waals surface area (Å²) in [6.45, 7) is 3.94. The minimum absolute atomic E-state index is 0.172. The van der Waals surface area contributed by atoms with E-state index >= 15 is 0 Å². The molecule has 3 heterocycles. The Morgan fingerprint density at radius 3 is 2.52 bits per heavy atom. The van der Waals surface area contributed by atoms with Gasteiger partial charge in [-0.15, -0.1) is 0 Å². The van der Waals surface area contributed by atoms with Crippen molar-refractivity contribution in [2.45, 2.75) is 32.7 Å². The third-order valence-electron chi connectivity index (χ3n) is 7.81. The van der Waals surface area contributed by atoms with Crippen LogP contribution in [0.15, 0.2) is 98.3 Å². The van der Waals surface area contributed by atoms with Gasteiger partial charge in [0.25, 0.3) is 5.56 Å². The zero-order chi connectivity index (χ0) is 32.4. The summed E-state index contributed by atoms with van der Waals surface area (Å²) < 4.78 is 24.4. The number of esters is 2. The Morgan fingerprint density at radius 2 is 1.76 bits per heavy atom. The highest BCUT2D eigenvalue weighted by molar-refractivity contribution is 7.07. The molecule has 1 aliphatic rings. The van der Waals surface area contributed by atoms with Crippen molar-refractivity contribution in [2.24, 2.45) is 4.99 Å². The highest BCUT2D eigenvalue weighted by Crippen LogP contribution is 2.41. The number of hydrogen-bond donors (Lipinski definition) is 0. The Labute approximate surface area is 268 Å². The summed E-state index contributed by atoms with van der Waals surface area (Å²) in [5.74, 6) is 0.401. The molecule has 3 aromatic carbocycles. The Kier molecular flexibility index (Phi) is 8.72. The van der Waals surface area contributed by atoms with Crippen LogP contribution < -0.4 is 19.6 Å². The van der Waals surface area contributed by atoms with Crippen LogP contribution in [0.3, 0.4) is 0 Å². The molecular formula is C36H32N2O7S. The minimum atomic E-state index is -0.848. The lowest BCUT2D eigenvalue weighted by Crippen LogP contribution is -2.40. The van der Waals surface area contributed by atoms with Gasteiger partial charge in [0, 0.05) is 17.2 Å². The molecule has 1 aliphatic heterocycles. The fourth-order valence-corrected chi connectivity index (χ4v) is 6.82. The quantitative estimate of drug-likeness (QED) is 0.189. The van der Waals surface area contributed by atoms with Gasteiger partial charge < -0.3 is 18.6 Å². The molecule has 6 rings (SSSR count). The fraction of sp³-hybridized carbons (Fsp3) is 0.222. The van der Waals surface area contributed by atoms with Crippen LogP contribution in [0.25, 0.3) is 28.2 Å². The maximum atomic E-state index is 14.4. The van der Waals surface area contributed by atoms with Crippen molar-refractivity contribution >= 4 is 40.1 Å². The smallest absolute Gasteiger partial charge is 0.338 e. The maximum absolute atomic E-state index is 14.4. The maximum Gasteiger partial charge on any atom is 0.338 e. The molecule has 0 fully saturated rings. The number of benzene rings is 3. The molecule has 0 saturated heterocycles. The SMILES string of the molecule is CCCC1=C(C(=O)OCC)[C@H](c2c(OC)ccc3ccccc23)n2c(s/c(=C/c3ccc(-c4ccccc4C(=O)OC)o3)c2=O)=N1. The molecule has 0 amide bonds. The second-order valence-corrected chi connectivity index (χ2v) is 11.6. The first-order valence-corrected chi connectivity index (χ1v) is 15.8. The summed E-state index contributed by atoms with van der Waals surface area (Å²) in [6.07, 6.45) is 2.90. The largest absolute Gasteiger partial charge is 0.496 e. The summed E-state index contributed by atoms with van der Waals surface area (Å²) in [5.41, 5.74) is 2.17. The number of aromatic nitrogens is 1. The molecule has 1 atom stereocenters. The van der Waals surface area contributed by atoms with Crippen molar-refractivity contribution in [1.29, 1.82) is 0 Å². The van der Waals surface area contributed by atoms with Crippen molar-refractivity contribution in [3.8, 4) is 17.1 Å². The number of ether oxygens (including phenoxy) is 3. The Balaban J connectivity index is 1.58. The van der Waals surface area contributed by atoms with E-state index in [1.54, 1.807) is 61.1 Å². The number of carbonyl (C=O) groups is 2. The minimum Gasteiger partial charge on any atom is -0.496 e. The van der Waals surface area contributed by atoms with E-state index in [1.165, 1.54) is 18.4 Å². The van der Waals surface area contributed by atoms with Crippen LogP contribution in [-0.2, 0) is 14.3 Å². The number of nitrogens with zero attached hydrogens (tertiary/aromatic N) is 2. The van der Waals surface area contributed by atoms with Crippen LogP contribution in [0.2, 0.25) is 0 Å². The van der Waals surface area contributed by atoms with Gasteiger partial charge >= 0.3 is 11.9 Å². The first kappa shape index (κ1) is 30.8.